The second-order valence-corrected chi connectivity index (χ2v) is 6.99. The highest BCUT2D eigenvalue weighted by Gasteiger charge is 2.36. The number of anilines is 1. The third kappa shape index (κ3) is 3.04. The largest absolute Gasteiger partial charge is 0.390 e. The van der Waals surface area contributed by atoms with Crippen molar-refractivity contribution in [3.05, 3.63) is 28.2 Å². The van der Waals surface area contributed by atoms with Crippen LogP contribution in [0.5, 0.6) is 0 Å². The van der Waals surface area contributed by atoms with Crippen LogP contribution in [0.1, 0.15) is 0 Å². The lowest BCUT2D eigenvalue weighted by atomic mass is 10.2. The molecule has 2 atom stereocenters. The monoisotopic (exact) mass is 295 g/mol. The molecule has 0 aliphatic carbocycles. The number of hydrogen-bond acceptors (Lipinski definition) is 4. The van der Waals surface area contributed by atoms with Crippen LogP contribution in [0.15, 0.2) is 18.2 Å². The normalized spacial score (nSPS) is 27.0. The van der Waals surface area contributed by atoms with E-state index in [1.54, 1.807) is 18.2 Å². The standard InChI is InChI=1S/C10H11Cl2NO3S/c11-7-2-1-6(3-8(7)12)13-9-4-17(15,16)5-10(9)14/h1-3,9-10,13-14H,4-5H2. The molecule has 94 valence electrons. The van der Waals surface area contributed by atoms with Crippen molar-refractivity contribution in [2.75, 3.05) is 16.8 Å². The quantitative estimate of drug-likeness (QED) is 0.869. The summed E-state index contributed by atoms with van der Waals surface area (Å²) >= 11 is 11.6. The smallest absolute Gasteiger partial charge is 0.155 e. The van der Waals surface area contributed by atoms with Gasteiger partial charge in [0.15, 0.2) is 9.84 Å². The molecule has 0 saturated carbocycles. The zero-order chi connectivity index (χ0) is 12.6. The maximum Gasteiger partial charge on any atom is 0.155 e. The Bertz CT molecular complexity index is 532. The predicted molar refractivity (Wildman–Crippen MR) is 68.5 cm³/mol. The first-order chi connectivity index (χ1) is 7.87. The van der Waals surface area contributed by atoms with Crippen molar-refractivity contribution < 1.29 is 13.5 Å². The molecule has 1 saturated heterocycles. The third-order valence-electron chi connectivity index (χ3n) is 2.59. The van der Waals surface area contributed by atoms with Crippen LogP contribution >= 0.6 is 23.2 Å². The molecule has 0 amide bonds. The lowest BCUT2D eigenvalue weighted by Gasteiger charge is -2.16. The number of halogens is 2. The molecule has 1 heterocycles. The second kappa shape index (κ2) is 4.65. The lowest BCUT2D eigenvalue weighted by molar-refractivity contribution is 0.190. The summed E-state index contributed by atoms with van der Waals surface area (Å²) < 4.78 is 22.6. The molecule has 1 aromatic rings. The van der Waals surface area contributed by atoms with Gasteiger partial charge in [0, 0.05) is 5.69 Å². The van der Waals surface area contributed by atoms with Gasteiger partial charge in [-0.3, -0.25) is 0 Å². The SMILES string of the molecule is O=S1(=O)CC(O)C(Nc2ccc(Cl)c(Cl)c2)C1. The van der Waals surface area contributed by atoms with Crippen molar-refractivity contribution in [2.45, 2.75) is 12.1 Å². The first kappa shape index (κ1) is 13.0. The van der Waals surface area contributed by atoms with Gasteiger partial charge in [0.05, 0.1) is 33.7 Å². The van der Waals surface area contributed by atoms with E-state index in [0.717, 1.165) is 0 Å². The number of sulfone groups is 1. The number of nitrogens with one attached hydrogen (secondary N) is 1. The molecule has 1 fully saturated rings. The molecular formula is C10H11Cl2NO3S. The topological polar surface area (TPSA) is 66.4 Å². The van der Waals surface area contributed by atoms with Gasteiger partial charge in [-0.2, -0.15) is 0 Å². The Morgan fingerprint density at radius 2 is 1.94 bits per heavy atom. The van der Waals surface area contributed by atoms with E-state index in [4.69, 9.17) is 23.2 Å². The summed E-state index contributed by atoms with van der Waals surface area (Å²) in [6.07, 6.45) is -0.894. The van der Waals surface area contributed by atoms with Gasteiger partial charge in [0.1, 0.15) is 0 Å². The van der Waals surface area contributed by atoms with Gasteiger partial charge in [-0.1, -0.05) is 23.2 Å². The second-order valence-electron chi connectivity index (χ2n) is 4.02. The van der Waals surface area contributed by atoms with Crippen LogP contribution in [-0.2, 0) is 9.84 Å². The van der Waals surface area contributed by atoms with E-state index < -0.39 is 22.0 Å². The number of rotatable bonds is 2. The fraction of sp³-hybridized carbons (Fsp3) is 0.400. The highest BCUT2D eigenvalue weighted by molar-refractivity contribution is 7.91. The molecular weight excluding hydrogens is 285 g/mol. The molecule has 0 bridgehead atoms. The maximum atomic E-state index is 11.3. The van der Waals surface area contributed by atoms with Crippen LogP contribution in [0.4, 0.5) is 5.69 Å². The van der Waals surface area contributed by atoms with Crippen molar-refractivity contribution in [3.8, 4) is 0 Å². The van der Waals surface area contributed by atoms with E-state index in [1.807, 2.05) is 0 Å². The number of hydrogen-bond donors (Lipinski definition) is 2. The molecule has 0 aromatic heterocycles. The summed E-state index contributed by atoms with van der Waals surface area (Å²) in [6.45, 7) is 0. The first-order valence-electron chi connectivity index (χ1n) is 4.97. The van der Waals surface area contributed by atoms with Crippen LogP contribution in [0, 0.1) is 0 Å². The Kier molecular flexibility index (Phi) is 3.54. The summed E-state index contributed by atoms with van der Waals surface area (Å²) in [5.74, 6) is -0.277. The van der Waals surface area contributed by atoms with Crippen molar-refractivity contribution in [2.24, 2.45) is 0 Å². The Balaban J connectivity index is 2.14. The van der Waals surface area contributed by atoms with Gasteiger partial charge in [0.2, 0.25) is 0 Å². The average Bonchev–Trinajstić information content (AvgIpc) is 2.46. The predicted octanol–water partition coefficient (Wildman–Crippen LogP) is 1.56. The highest BCUT2D eigenvalue weighted by atomic mass is 35.5. The van der Waals surface area contributed by atoms with Crippen molar-refractivity contribution in [1.29, 1.82) is 0 Å². The summed E-state index contributed by atoms with van der Waals surface area (Å²) in [6, 6.07) is 4.40. The summed E-state index contributed by atoms with van der Waals surface area (Å²) in [4.78, 5) is 0. The fourth-order valence-electron chi connectivity index (χ4n) is 1.77. The van der Waals surface area contributed by atoms with Crippen molar-refractivity contribution >= 4 is 38.7 Å². The molecule has 2 unspecified atom stereocenters. The van der Waals surface area contributed by atoms with E-state index in [-0.39, 0.29) is 11.5 Å². The molecule has 7 heteroatoms. The molecule has 17 heavy (non-hydrogen) atoms. The molecule has 0 spiro atoms. The minimum atomic E-state index is -3.15. The Labute approximate surface area is 109 Å². The Morgan fingerprint density at radius 1 is 1.24 bits per heavy atom. The maximum absolute atomic E-state index is 11.3. The van der Waals surface area contributed by atoms with E-state index in [9.17, 15) is 13.5 Å². The van der Waals surface area contributed by atoms with E-state index in [1.165, 1.54) is 0 Å². The minimum Gasteiger partial charge on any atom is -0.390 e. The number of aliphatic hydroxyl groups excluding tert-OH is 1. The molecule has 2 N–H and O–H groups in total. The zero-order valence-corrected chi connectivity index (χ0v) is 11.1. The van der Waals surface area contributed by atoms with Gasteiger partial charge in [-0.15, -0.1) is 0 Å². The molecule has 1 aliphatic heterocycles. The van der Waals surface area contributed by atoms with Crippen molar-refractivity contribution in [1.82, 2.24) is 0 Å². The van der Waals surface area contributed by atoms with E-state index in [0.29, 0.717) is 15.7 Å². The Hall–Kier alpha value is -0.490. The van der Waals surface area contributed by atoms with Crippen LogP contribution in [0.3, 0.4) is 0 Å². The van der Waals surface area contributed by atoms with Gasteiger partial charge in [-0.25, -0.2) is 8.42 Å². The van der Waals surface area contributed by atoms with E-state index in [2.05, 4.69) is 5.32 Å². The third-order valence-corrected chi connectivity index (χ3v) is 5.05. The van der Waals surface area contributed by atoms with Crippen LogP contribution in [0.2, 0.25) is 10.0 Å². The lowest BCUT2D eigenvalue weighted by Crippen LogP contribution is -2.31. The summed E-state index contributed by atoms with van der Waals surface area (Å²) in [7, 11) is -3.15. The fourth-order valence-corrected chi connectivity index (χ4v) is 3.81. The van der Waals surface area contributed by atoms with Gasteiger partial charge < -0.3 is 10.4 Å². The molecule has 4 nitrogen and oxygen atoms in total. The average molecular weight is 296 g/mol. The number of benzene rings is 1. The van der Waals surface area contributed by atoms with Gasteiger partial charge in [-0.05, 0) is 18.2 Å². The zero-order valence-electron chi connectivity index (χ0n) is 8.73. The van der Waals surface area contributed by atoms with Gasteiger partial charge >= 0.3 is 0 Å². The van der Waals surface area contributed by atoms with Crippen LogP contribution in [-0.4, -0.2) is 37.2 Å². The Morgan fingerprint density at radius 3 is 2.47 bits per heavy atom. The van der Waals surface area contributed by atoms with Crippen LogP contribution in [0.25, 0.3) is 0 Å². The van der Waals surface area contributed by atoms with E-state index >= 15 is 0 Å². The number of aliphatic hydroxyl groups is 1. The minimum absolute atomic E-state index is 0.0750. The molecule has 0 radical (unpaired) electrons. The van der Waals surface area contributed by atoms with Crippen LogP contribution < -0.4 is 5.32 Å². The van der Waals surface area contributed by atoms with Gasteiger partial charge in [0.25, 0.3) is 0 Å². The summed E-state index contributed by atoms with van der Waals surface area (Å²) in [5.41, 5.74) is 0.639. The molecule has 1 aliphatic rings. The summed E-state index contributed by atoms with van der Waals surface area (Å²) in [5, 5.41) is 13.4. The van der Waals surface area contributed by atoms with Crippen molar-refractivity contribution in [3.63, 3.8) is 0 Å². The highest BCUT2D eigenvalue weighted by Crippen LogP contribution is 2.26. The first-order valence-corrected chi connectivity index (χ1v) is 7.55. The molecule has 1 aromatic carbocycles. The molecule has 2 rings (SSSR count).